The van der Waals surface area contributed by atoms with Crippen molar-refractivity contribution in [3.8, 4) is 0 Å². The van der Waals surface area contributed by atoms with Crippen LogP contribution in [0.4, 0.5) is 0 Å². The van der Waals surface area contributed by atoms with Gasteiger partial charge < -0.3 is 10.6 Å². The standard InChI is InChI=1S/C16H26N2O/c1-13(2)11-18-16(19)12-17-10-9-14(3)15-7-5-4-6-8-15/h4-8,13-14,17H,9-12H2,1-3H3,(H,18,19). The topological polar surface area (TPSA) is 41.1 Å². The number of nitrogens with one attached hydrogen (secondary N) is 2. The molecule has 0 aromatic heterocycles. The number of carbonyl (C=O) groups excluding carboxylic acids is 1. The average molecular weight is 262 g/mol. The van der Waals surface area contributed by atoms with Crippen molar-refractivity contribution in [3.63, 3.8) is 0 Å². The molecule has 106 valence electrons. The van der Waals surface area contributed by atoms with Crippen molar-refractivity contribution >= 4 is 5.91 Å². The highest BCUT2D eigenvalue weighted by molar-refractivity contribution is 5.77. The summed E-state index contributed by atoms with van der Waals surface area (Å²) >= 11 is 0. The van der Waals surface area contributed by atoms with E-state index in [9.17, 15) is 4.79 Å². The quantitative estimate of drug-likeness (QED) is 0.707. The summed E-state index contributed by atoms with van der Waals surface area (Å²) < 4.78 is 0. The van der Waals surface area contributed by atoms with E-state index in [1.54, 1.807) is 0 Å². The molecule has 2 N–H and O–H groups in total. The fraction of sp³-hybridized carbons (Fsp3) is 0.562. The van der Waals surface area contributed by atoms with E-state index in [-0.39, 0.29) is 5.91 Å². The molecule has 0 saturated heterocycles. The molecular weight excluding hydrogens is 236 g/mol. The Morgan fingerprint density at radius 3 is 2.47 bits per heavy atom. The molecule has 0 heterocycles. The third kappa shape index (κ3) is 6.97. The van der Waals surface area contributed by atoms with E-state index < -0.39 is 0 Å². The van der Waals surface area contributed by atoms with E-state index >= 15 is 0 Å². The first kappa shape index (κ1) is 15.7. The average Bonchev–Trinajstić information content (AvgIpc) is 2.42. The van der Waals surface area contributed by atoms with Gasteiger partial charge in [0.15, 0.2) is 0 Å². The van der Waals surface area contributed by atoms with Crippen LogP contribution in [0, 0.1) is 5.92 Å². The van der Waals surface area contributed by atoms with Crippen molar-refractivity contribution in [2.24, 2.45) is 5.92 Å². The molecule has 3 nitrogen and oxygen atoms in total. The summed E-state index contributed by atoms with van der Waals surface area (Å²) in [6, 6.07) is 10.5. The number of benzene rings is 1. The number of amides is 1. The van der Waals surface area contributed by atoms with Crippen LogP contribution >= 0.6 is 0 Å². The predicted molar refractivity (Wildman–Crippen MR) is 80.2 cm³/mol. The van der Waals surface area contributed by atoms with Gasteiger partial charge in [-0.3, -0.25) is 4.79 Å². The Morgan fingerprint density at radius 1 is 1.16 bits per heavy atom. The summed E-state index contributed by atoms with van der Waals surface area (Å²) in [5, 5.41) is 6.10. The van der Waals surface area contributed by atoms with E-state index in [0.717, 1.165) is 19.5 Å². The molecule has 0 aliphatic rings. The highest BCUT2D eigenvalue weighted by Crippen LogP contribution is 2.17. The molecule has 0 saturated carbocycles. The van der Waals surface area contributed by atoms with E-state index in [4.69, 9.17) is 0 Å². The highest BCUT2D eigenvalue weighted by Gasteiger charge is 2.05. The lowest BCUT2D eigenvalue weighted by Crippen LogP contribution is -2.36. The first-order valence-corrected chi connectivity index (χ1v) is 7.12. The zero-order valence-electron chi connectivity index (χ0n) is 12.3. The molecule has 1 atom stereocenters. The normalized spacial score (nSPS) is 12.4. The Balaban J connectivity index is 2.12. The smallest absolute Gasteiger partial charge is 0.233 e. The van der Waals surface area contributed by atoms with Crippen LogP contribution in [0.3, 0.4) is 0 Å². The van der Waals surface area contributed by atoms with Gasteiger partial charge in [-0.25, -0.2) is 0 Å². The summed E-state index contributed by atoms with van der Waals surface area (Å²) in [6.07, 6.45) is 1.04. The predicted octanol–water partition coefficient (Wildman–Crippen LogP) is 2.54. The van der Waals surface area contributed by atoms with E-state index in [1.807, 2.05) is 6.07 Å². The number of hydrogen-bond donors (Lipinski definition) is 2. The van der Waals surface area contributed by atoms with E-state index in [1.165, 1.54) is 5.56 Å². The van der Waals surface area contributed by atoms with Gasteiger partial charge in [-0.05, 0) is 30.4 Å². The third-order valence-electron chi connectivity index (χ3n) is 3.12. The van der Waals surface area contributed by atoms with Crippen LogP contribution in [0.15, 0.2) is 30.3 Å². The van der Waals surface area contributed by atoms with Gasteiger partial charge in [0.05, 0.1) is 6.54 Å². The van der Waals surface area contributed by atoms with Gasteiger partial charge in [0.2, 0.25) is 5.91 Å². The lowest BCUT2D eigenvalue weighted by molar-refractivity contribution is -0.120. The van der Waals surface area contributed by atoms with Gasteiger partial charge in [-0.15, -0.1) is 0 Å². The first-order valence-electron chi connectivity index (χ1n) is 7.12. The van der Waals surface area contributed by atoms with Gasteiger partial charge in [0.1, 0.15) is 0 Å². The lowest BCUT2D eigenvalue weighted by Gasteiger charge is -2.12. The van der Waals surface area contributed by atoms with Crippen LogP contribution in [-0.2, 0) is 4.79 Å². The Kier molecular flexibility index (Phi) is 7.19. The Bertz CT molecular complexity index is 362. The Labute approximate surface area is 116 Å². The molecule has 0 spiro atoms. The van der Waals surface area contributed by atoms with E-state index in [2.05, 4.69) is 55.7 Å². The second kappa shape index (κ2) is 8.70. The molecule has 1 aromatic rings. The molecule has 0 fully saturated rings. The fourth-order valence-corrected chi connectivity index (χ4v) is 1.85. The fourth-order valence-electron chi connectivity index (χ4n) is 1.85. The van der Waals surface area contributed by atoms with Gasteiger partial charge >= 0.3 is 0 Å². The molecule has 19 heavy (non-hydrogen) atoms. The minimum atomic E-state index is 0.0843. The maximum absolute atomic E-state index is 11.5. The number of rotatable bonds is 8. The molecule has 0 aliphatic carbocycles. The van der Waals surface area contributed by atoms with Crippen LogP contribution in [0.25, 0.3) is 0 Å². The van der Waals surface area contributed by atoms with Gasteiger partial charge in [0.25, 0.3) is 0 Å². The summed E-state index contributed by atoms with van der Waals surface area (Å²) in [6.45, 7) is 8.43. The second-order valence-electron chi connectivity index (χ2n) is 5.48. The molecule has 0 aliphatic heterocycles. The SMILES string of the molecule is CC(C)CNC(=O)CNCCC(C)c1ccccc1. The minimum Gasteiger partial charge on any atom is -0.355 e. The largest absolute Gasteiger partial charge is 0.355 e. The van der Waals surface area contributed by atoms with Crippen LogP contribution in [0.1, 0.15) is 38.7 Å². The summed E-state index contributed by atoms with van der Waals surface area (Å²) in [7, 11) is 0. The molecular formula is C16H26N2O. The van der Waals surface area contributed by atoms with Gasteiger partial charge in [-0.2, -0.15) is 0 Å². The minimum absolute atomic E-state index is 0.0843. The molecule has 1 unspecified atom stereocenters. The van der Waals surface area contributed by atoms with Crippen molar-refractivity contribution in [1.29, 1.82) is 0 Å². The first-order chi connectivity index (χ1) is 9.09. The van der Waals surface area contributed by atoms with Crippen LogP contribution < -0.4 is 10.6 Å². The molecule has 3 heteroatoms. The Morgan fingerprint density at radius 2 is 1.84 bits per heavy atom. The van der Waals surface area contributed by atoms with Crippen LogP contribution in [0.5, 0.6) is 0 Å². The van der Waals surface area contributed by atoms with Crippen LogP contribution in [-0.4, -0.2) is 25.5 Å². The maximum Gasteiger partial charge on any atom is 0.233 e. The molecule has 0 radical (unpaired) electrons. The molecule has 1 rings (SSSR count). The Hall–Kier alpha value is -1.35. The van der Waals surface area contributed by atoms with Crippen molar-refractivity contribution < 1.29 is 4.79 Å². The van der Waals surface area contributed by atoms with Gasteiger partial charge in [0, 0.05) is 6.54 Å². The maximum atomic E-state index is 11.5. The van der Waals surface area contributed by atoms with Crippen molar-refractivity contribution in [3.05, 3.63) is 35.9 Å². The summed E-state index contributed by atoms with van der Waals surface area (Å²) in [5.41, 5.74) is 1.36. The second-order valence-corrected chi connectivity index (χ2v) is 5.48. The molecule has 1 amide bonds. The summed E-state index contributed by atoms with van der Waals surface area (Å²) in [4.78, 5) is 11.5. The van der Waals surface area contributed by atoms with E-state index in [0.29, 0.717) is 18.4 Å². The zero-order valence-corrected chi connectivity index (χ0v) is 12.3. The molecule has 0 bridgehead atoms. The zero-order chi connectivity index (χ0) is 14.1. The summed E-state index contributed by atoms with van der Waals surface area (Å²) in [5.74, 6) is 1.11. The number of carbonyl (C=O) groups is 1. The van der Waals surface area contributed by atoms with Crippen LogP contribution in [0.2, 0.25) is 0 Å². The number of hydrogen-bond acceptors (Lipinski definition) is 2. The lowest BCUT2D eigenvalue weighted by atomic mass is 9.98. The van der Waals surface area contributed by atoms with Crippen molar-refractivity contribution in [1.82, 2.24) is 10.6 Å². The monoisotopic (exact) mass is 262 g/mol. The van der Waals surface area contributed by atoms with Crippen molar-refractivity contribution in [2.75, 3.05) is 19.6 Å². The highest BCUT2D eigenvalue weighted by atomic mass is 16.1. The molecule has 1 aromatic carbocycles. The van der Waals surface area contributed by atoms with Gasteiger partial charge in [-0.1, -0.05) is 51.1 Å². The van der Waals surface area contributed by atoms with Crippen molar-refractivity contribution in [2.45, 2.75) is 33.1 Å². The third-order valence-corrected chi connectivity index (χ3v) is 3.12.